The number of nitrogens with two attached hydrogens (primary N) is 1. The molecule has 0 radical (unpaired) electrons. The molecule has 1 aromatic carbocycles. The zero-order valence-corrected chi connectivity index (χ0v) is 11.8. The maximum atomic E-state index is 11.8. The van der Waals surface area contributed by atoms with Crippen LogP contribution in [0.5, 0.6) is 0 Å². The molecule has 3 N–H and O–H groups in total. The van der Waals surface area contributed by atoms with Crippen molar-refractivity contribution in [2.75, 3.05) is 11.1 Å². The van der Waals surface area contributed by atoms with E-state index in [1.165, 1.54) is 0 Å². The van der Waals surface area contributed by atoms with Crippen molar-refractivity contribution in [3.63, 3.8) is 0 Å². The van der Waals surface area contributed by atoms with Crippen molar-refractivity contribution in [3.05, 3.63) is 46.7 Å². The molecule has 1 amide bonds. The largest absolute Gasteiger partial charge is 0.399 e. The van der Waals surface area contributed by atoms with Gasteiger partial charge in [0, 0.05) is 17.8 Å². The van der Waals surface area contributed by atoms with E-state index in [2.05, 4.69) is 15.3 Å². The molecular formula is C14H15ClN4O. The second kappa shape index (κ2) is 6.34. The van der Waals surface area contributed by atoms with Gasteiger partial charge in [-0.05, 0) is 31.0 Å². The number of aryl methyl sites for hydroxylation is 2. The Morgan fingerprint density at radius 1 is 1.35 bits per heavy atom. The van der Waals surface area contributed by atoms with E-state index in [-0.39, 0.29) is 11.9 Å². The van der Waals surface area contributed by atoms with Gasteiger partial charge in [-0.2, -0.15) is 0 Å². The van der Waals surface area contributed by atoms with E-state index in [1.54, 1.807) is 13.0 Å². The summed E-state index contributed by atoms with van der Waals surface area (Å²) in [5, 5.41) is 2.93. The lowest BCUT2D eigenvalue weighted by molar-refractivity contribution is -0.116. The Morgan fingerprint density at radius 3 is 2.80 bits per heavy atom. The molecule has 1 aromatic heterocycles. The maximum Gasteiger partial charge on any atom is 0.231 e. The lowest BCUT2D eigenvalue weighted by Crippen LogP contribution is -2.15. The number of para-hydroxylation sites is 1. The molecule has 2 aromatic rings. The Morgan fingerprint density at radius 2 is 2.10 bits per heavy atom. The molecule has 20 heavy (non-hydrogen) atoms. The molecule has 0 aliphatic heterocycles. The molecule has 5 nitrogen and oxygen atoms in total. The van der Waals surface area contributed by atoms with Crippen molar-refractivity contribution >= 4 is 29.1 Å². The molecule has 0 saturated carbocycles. The minimum atomic E-state index is -0.171. The van der Waals surface area contributed by atoms with Gasteiger partial charge in [-0.25, -0.2) is 9.97 Å². The summed E-state index contributed by atoms with van der Waals surface area (Å²) >= 11 is 5.81. The van der Waals surface area contributed by atoms with E-state index in [4.69, 9.17) is 17.3 Å². The van der Waals surface area contributed by atoms with Crippen molar-refractivity contribution in [2.45, 2.75) is 19.8 Å². The lowest BCUT2D eigenvalue weighted by Gasteiger charge is -2.06. The Balaban J connectivity index is 1.94. The second-order valence-corrected chi connectivity index (χ2v) is 4.79. The third kappa shape index (κ3) is 3.93. The van der Waals surface area contributed by atoms with Gasteiger partial charge in [0.15, 0.2) is 0 Å². The van der Waals surface area contributed by atoms with E-state index in [1.807, 2.05) is 24.3 Å². The normalized spacial score (nSPS) is 10.3. The molecule has 6 heteroatoms. The molecule has 0 bridgehead atoms. The Bertz CT molecular complexity index is 610. The Labute approximate surface area is 122 Å². The van der Waals surface area contributed by atoms with Crippen LogP contribution in [-0.4, -0.2) is 15.9 Å². The topological polar surface area (TPSA) is 80.9 Å². The number of hydrogen-bond acceptors (Lipinski definition) is 4. The van der Waals surface area contributed by atoms with Crippen LogP contribution < -0.4 is 11.1 Å². The van der Waals surface area contributed by atoms with Gasteiger partial charge in [0.05, 0.1) is 0 Å². The quantitative estimate of drug-likeness (QED) is 0.670. The minimum Gasteiger partial charge on any atom is -0.399 e. The molecule has 0 atom stereocenters. The number of anilines is 2. The second-order valence-electron chi connectivity index (χ2n) is 4.40. The highest BCUT2D eigenvalue weighted by molar-refractivity contribution is 6.29. The number of halogens is 1. The van der Waals surface area contributed by atoms with Crippen molar-refractivity contribution in [1.82, 2.24) is 9.97 Å². The van der Waals surface area contributed by atoms with Gasteiger partial charge in [-0.1, -0.05) is 29.8 Å². The molecule has 0 saturated heterocycles. The van der Waals surface area contributed by atoms with E-state index in [0.29, 0.717) is 29.4 Å². The maximum absolute atomic E-state index is 11.8. The lowest BCUT2D eigenvalue weighted by atomic mass is 10.1. The summed E-state index contributed by atoms with van der Waals surface area (Å²) in [6.45, 7) is 1.79. The number of carbonyl (C=O) groups is 1. The summed E-state index contributed by atoms with van der Waals surface area (Å²) in [6, 6.07) is 9.11. The van der Waals surface area contributed by atoms with Crippen molar-refractivity contribution in [1.29, 1.82) is 0 Å². The number of amides is 1. The van der Waals surface area contributed by atoms with Crippen LogP contribution in [0.25, 0.3) is 0 Å². The van der Waals surface area contributed by atoms with Crippen molar-refractivity contribution < 1.29 is 4.79 Å². The number of carbonyl (C=O) groups excluding carboxylic acids is 1. The fourth-order valence-corrected chi connectivity index (χ4v) is 2.02. The number of rotatable bonds is 4. The summed E-state index contributed by atoms with van der Waals surface area (Å²) in [5.74, 6) is 0.0518. The Hall–Kier alpha value is -2.14. The summed E-state index contributed by atoms with van der Waals surface area (Å²) in [5.41, 5.74) is 8.17. The summed E-state index contributed by atoms with van der Waals surface area (Å²) < 4.78 is 0. The number of aromatic nitrogens is 2. The average molecular weight is 291 g/mol. The predicted molar refractivity (Wildman–Crippen MR) is 79.6 cm³/mol. The first-order chi connectivity index (χ1) is 9.54. The third-order valence-corrected chi connectivity index (χ3v) is 2.94. The van der Waals surface area contributed by atoms with Gasteiger partial charge in [-0.3, -0.25) is 10.1 Å². The number of nitrogen functional groups attached to an aromatic ring is 1. The van der Waals surface area contributed by atoms with Crippen LogP contribution in [-0.2, 0) is 11.2 Å². The molecule has 0 spiro atoms. The third-order valence-electron chi connectivity index (χ3n) is 2.75. The predicted octanol–water partition coefficient (Wildman–Crippen LogP) is 2.59. The number of hydrogen-bond donors (Lipinski definition) is 2. The van der Waals surface area contributed by atoms with Crippen molar-refractivity contribution in [2.24, 2.45) is 0 Å². The van der Waals surface area contributed by atoms with E-state index in [9.17, 15) is 4.79 Å². The first-order valence-electron chi connectivity index (χ1n) is 6.19. The van der Waals surface area contributed by atoms with E-state index in [0.717, 1.165) is 5.56 Å². The van der Waals surface area contributed by atoms with Gasteiger partial charge in [-0.15, -0.1) is 0 Å². The number of benzene rings is 1. The SMILES string of the molecule is Cc1cc(Cl)nc(NC(=O)CCc2ccccc2N)n1. The van der Waals surface area contributed by atoms with Gasteiger partial charge in [0.25, 0.3) is 0 Å². The molecular weight excluding hydrogens is 276 g/mol. The van der Waals surface area contributed by atoms with Crippen LogP contribution in [0.1, 0.15) is 17.7 Å². The van der Waals surface area contributed by atoms with Gasteiger partial charge in [0.1, 0.15) is 5.15 Å². The van der Waals surface area contributed by atoms with E-state index >= 15 is 0 Å². The number of nitrogens with zero attached hydrogens (tertiary/aromatic N) is 2. The van der Waals surface area contributed by atoms with Crippen LogP contribution in [0.3, 0.4) is 0 Å². The number of nitrogens with one attached hydrogen (secondary N) is 1. The molecule has 1 heterocycles. The molecule has 0 fully saturated rings. The van der Waals surface area contributed by atoms with Crippen LogP contribution in [0.4, 0.5) is 11.6 Å². The monoisotopic (exact) mass is 290 g/mol. The molecule has 0 aliphatic rings. The highest BCUT2D eigenvalue weighted by Crippen LogP contribution is 2.14. The average Bonchev–Trinajstić information content (AvgIpc) is 2.36. The van der Waals surface area contributed by atoms with Gasteiger partial charge >= 0.3 is 0 Å². The smallest absolute Gasteiger partial charge is 0.231 e. The van der Waals surface area contributed by atoms with Crippen molar-refractivity contribution in [3.8, 4) is 0 Å². The molecule has 2 rings (SSSR count). The van der Waals surface area contributed by atoms with Crippen LogP contribution in [0.2, 0.25) is 5.15 Å². The molecule has 0 unspecified atom stereocenters. The van der Waals surface area contributed by atoms with Gasteiger partial charge < -0.3 is 5.73 Å². The van der Waals surface area contributed by atoms with Gasteiger partial charge in [0.2, 0.25) is 11.9 Å². The minimum absolute atomic E-state index is 0.171. The fourth-order valence-electron chi connectivity index (χ4n) is 1.78. The molecule has 0 aliphatic carbocycles. The first kappa shape index (κ1) is 14.3. The van der Waals surface area contributed by atoms with Crippen LogP contribution in [0.15, 0.2) is 30.3 Å². The Kier molecular flexibility index (Phi) is 4.53. The fraction of sp³-hybridized carbons (Fsp3) is 0.214. The summed E-state index contributed by atoms with van der Waals surface area (Å²) in [4.78, 5) is 19.9. The summed E-state index contributed by atoms with van der Waals surface area (Å²) in [7, 11) is 0. The first-order valence-corrected chi connectivity index (χ1v) is 6.57. The zero-order chi connectivity index (χ0) is 14.5. The highest BCUT2D eigenvalue weighted by Gasteiger charge is 2.07. The zero-order valence-electron chi connectivity index (χ0n) is 11.1. The molecule has 104 valence electrons. The highest BCUT2D eigenvalue weighted by atomic mass is 35.5. The van der Waals surface area contributed by atoms with E-state index < -0.39 is 0 Å². The van der Waals surface area contributed by atoms with Crippen LogP contribution >= 0.6 is 11.6 Å². The summed E-state index contributed by atoms with van der Waals surface area (Å²) in [6.07, 6.45) is 0.876. The van der Waals surface area contributed by atoms with Crippen LogP contribution in [0, 0.1) is 6.92 Å². The standard InChI is InChI=1S/C14H15ClN4O/c1-9-8-12(15)18-14(17-9)19-13(20)7-6-10-4-2-3-5-11(10)16/h2-5,8H,6-7,16H2,1H3,(H,17,18,19,20).